The number of piperazine rings is 1. The van der Waals surface area contributed by atoms with Crippen molar-refractivity contribution >= 4 is 23.5 Å². The Bertz CT molecular complexity index is 889. The Balaban J connectivity index is 1.68. The van der Waals surface area contributed by atoms with Crippen molar-refractivity contribution in [3.05, 3.63) is 54.0 Å². The molecule has 1 aliphatic heterocycles. The molecule has 0 atom stereocenters. The Morgan fingerprint density at radius 3 is 2.34 bits per heavy atom. The van der Waals surface area contributed by atoms with Crippen LogP contribution < -0.4 is 5.32 Å². The number of carbonyl (C=O) groups excluding carboxylic acids is 2. The van der Waals surface area contributed by atoms with Crippen LogP contribution in [-0.4, -0.2) is 58.6 Å². The van der Waals surface area contributed by atoms with Gasteiger partial charge >= 0.3 is 6.09 Å². The van der Waals surface area contributed by atoms with Gasteiger partial charge in [-0.25, -0.2) is 14.2 Å². The van der Waals surface area contributed by atoms with E-state index in [1.54, 1.807) is 46.3 Å². The molecule has 8 heteroatoms. The van der Waals surface area contributed by atoms with Gasteiger partial charge in [0.2, 0.25) is 0 Å². The van der Waals surface area contributed by atoms with Gasteiger partial charge in [0.15, 0.2) is 0 Å². The molecule has 1 aromatic heterocycles. The van der Waals surface area contributed by atoms with Gasteiger partial charge in [0.05, 0.1) is 11.3 Å². The Labute approximate surface area is 169 Å². The second-order valence-corrected chi connectivity index (χ2v) is 7.76. The van der Waals surface area contributed by atoms with Gasteiger partial charge in [-0.2, -0.15) is 0 Å². The van der Waals surface area contributed by atoms with Crippen LogP contribution in [0.5, 0.6) is 0 Å². The maximum Gasteiger partial charge on any atom is 0.410 e. The lowest BCUT2D eigenvalue weighted by Crippen LogP contribution is -2.51. The molecule has 2 amide bonds. The first-order valence-electron chi connectivity index (χ1n) is 9.48. The first-order valence-corrected chi connectivity index (χ1v) is 9.48. The number of halogens is 1. The highest BCUT2D eigenvalue weighted by molar-refractivity contribution is 5.99. The van der Waals surface area contributed by atoms with Gasteiger partial charge < -0.3 is 19.9 Å². The molecule has 1 aromatic carbocycles. The van der Waals surface area contributed by atoms with Crippen LogP contribution in [0.1, 0.15) is 31.1 Å². The van der Waals surface area contributed by atoms with Crippen molar-refractivity contribution in [2.75, 3.05) is 31.5 Å². The van der Waals surface area contributed by atoms with Crippen LogP contribution in [0.2, 0.25) is 0 Å². The van der Waals surface area contributed by atoms with Crippen LogP contribution in [0.3, 0.4) is 0 Å². The zero-order valence-electron chi connectivity index (χ0n) is 16.8. The van der Waals surface area contributed by atoms with Crippen LogP contribution in [0.15, 0.2) is 42.6 Å². The summed E-state index contributed by atoms with van der Waals surface area (Å²) in [6.07, 6.45) is 1.16. The molecule has 1 aliphatic rings. The number of benzene rings is 1. The summed E-state index contributed by atoms with van der Waals surface area (Å²) in [7, 11) is 0. The predicted octanol–water partition coefficient (Wildman–Crippen LogP) is 3.66. The van der Waals surface area contributed by atoms with E-state index in [1.807, 2.05) is 20.8 Å². The van der Waals surface area contributed by atoms with E-state index in [9.17, 15) is 14.0 Å². The van der Waals surface area contributed by atoms with Crippen molar-refractivity contribution in [3.63, 3.8) is 0 Å². The lowest BCUT2D eigenvalue weighted by atomic mass is 10.2. The van der Waals surface area contributed by atoms with Crippen molar-refractivity contribution in [1.82, 2.24) is 14.8 Å². The van der Waals surface area contributed by atoms with Gasteiger partial charge in [-0.3, -0.25) is 4.79 Å². The summed E-state index contributed by atoms with van der Waals surface area (Å²) in [5.74, 6) is -0.361. The number of para-hydroxylation sites is 1. The number of aromatic nitrogens is 1. The standard InChI is InChI=1S/C21H25FN4O3/c1-21(2,3)29-20(28)26-13-11-25(12-14-26)19(27)15-7-6-10-23-18(15)24-17-9-5-4-8-16(17)22/h4-10H,11-14H2,1-3H3,(H,23,24). The van der Waals surface area contributed by atoms with Crippen molar-refractivity contribution in [2.24, 2.45) is 0 Å². The van der Waals surface area contributed by atoms with E-state index in [0.717, 1.165) is 0 Å². The third kappa shape index (κ3) is 5.22. The van der Waals surface area contributed by atoms with E-state index in [4.69, 9.17) is 4.74 Å². The summed E-state index contributed by atoms with van der Waals surface area (Å²) < 4.78 is 19.3. The molecule has 0 unspecified atom stereocenters. The zero-order chi connectivity index (χ0) is 21.0. The summed E-state index contributed by atoms with van der Waals surface area (Å²) in [6.45, 7) is 6.98. The molecule has 1 fully saturated rings. The Morgan fingerprint density at radius 1 is 1.03 bits per heavy atom. The largest absolute Gasteiger partial charge is 0.444 e. The number of carbonyl (C=O) groups is 2. The first-order chi connectivity index (χ1) is 13.7. The van der Waals surface area contributed by atoms with Crippen LogP contribution in [0.4, 0.5) is 20.7 Å². The zero-order valence-corrected chi connectivity index (χ0v) is 16.8. The fraction of sp³-hybridized carbons (Fsp3) is 0.381. The second-order valence-electron chi connectivity index (χ2n) is 7.76. The molecular weight excluding hydrogens is 375 g/mol. The fourth-order valence-electron chi connectivity index (χ4n) is 2.96. The minimum absolute atomic E-state index is 0.222. The molecule has 2 heterocycles. The van der Waals surface area contributed by atoms with E-state index < -0.39 is 11.4 Å². The molecule has 2 aromatic rings. The number of nitrogens with zero attached hydrogens (tertiary/aromatic N) is 3. The smallest absolute Gasteiger partial charge is 0.410 e. The van der Waals surface area contributed by atoms with E-state index in [2.05, 4.69) is 10.3 Å². The number of nitrogens with one attached hydrogen (secondary N) is 1. The van der Waals surface area contributed by atoms with Gasteiger partial charge in [-0.05, 0) is 45.0 Å². The van der Waals surface area contributed by atoms with Crippen molar-refractivity contribution < 1.29 is 18.7 Å². The van der Waals surface area contributed by atoms with E-state index >= 15 is 0 Å². The third-order valence-corrected chi connectivity index (χ3v) is 4.38. The number of hydrogen-bond acceptors (Lipinski definition) is 5. The molecule has 0 saturated carbocycles. The normalized spacial score (nSPS) is 14.5. The minimum Gasteiger partial charge on any atom is -0.444 e. The van der Waals surface area contributed by atoms with E-state index in [-0.39, 0.29) is 23.5 Å². The lowest BCUT2D eigenvalue weighted by molar-refractivity contribution is 0.0141. The lowest BCUT2D eigenvalue weighted by Gasteiger charge is -2.35. The third-order valence-electron chi connectivity index (χ3n) is 4.38. The molecule has 1 saturated heterocycles. The topological polar surface area (TPSA) is 74.8 Å². The highest BCUT2D eigenvalue weighted by atomic mass is 19.1. The Kier molecular flexibility index (Phi) is 6.00. The van der Waals surface area contributed by atoms with Gasteiger partial charge in [-0.15, -0.1) is 0 Å². The molecule has 0 spiro atoms. The molecule has 3 rings (SSSR count). The fourth-order valence-corrected chi connectivity index (χ4v) is 2.96. The van der Waals surface area contributed by atoms with E-state index in [1.165, 1.54) is 6.07 Å². The molecule has 0 aliphatic carbocycles. The number of pyridine rings is 1. The van der Waals surface area contributed by atoms with Crippen LogP contribution in [0, 0.1) is 5.82 Å². The Morgan fingerprint density at radius 2 is 1.69 bits per heavy atom. The molecular formula is C21H25FN4O3. The van der Waals surface area contributed by atoms with Gasteiger partial charge in [0, 0.05) is 32.4 Å². The number of ether oxygens (including phenoxy) is 1. The second kappa shape index (κ2) is 8.46. The summed E-state index contributed by atoms with van der Waals surface area (Å²) >= 11 is 0. The monoisotopic (exact) mass is 400 g/mol. The van der Waals surface area contributed by atoms with Crippen LogP contribution in [-0.2, 0) is 4.74 Å². The van der Waals surface area contributed by atoms with Gasteiger partial charge in [0.1, 0.15) is 17.2 Å². The van der Waals surface area contributed by atoms with Gasteiger partial charge in [-0.1, -0.05) is 12.1 Å². The summed E-state index contributed by atoms with van der Waals surface area (Å²) in [6, 6.07) is 9.52. The molecule has 0 bridgehead atoms. The number of hydrogen-bond donors (Lipinski definition) is 1. The average molecular weight is 400 g/mol. The SMILES string of the molecule is CC(C)(C)OC(=O)N1CCN(C(=O)c2cccnc2Nc2ccccc2F)CC1. The summed E-state index contributed by atoms with van der Waals surface area (Å²) in [5.41, 5.74) is 0.0315. The maximum atomic E-state index is 14.0. The average Bonchev–Trinajstić information content (AvgIpc) is 2.68. The number of rotatable bonds is 3. The van der Waals surface area contributed by atoms with Crippen molar-refractivity contribution in [3.8, 4) is 0 Å². The highest BCUT2D eigenvalue weighted by Gasteiger charge is 2.29. The molecule has 1 N–H and O–H groups in total. The van der Waals surface area contributed by atoms with Gasteiger partial charge in [0.25, 0.3) is 5.91 Å². The molecule has 29 heavy (non-hydrogen) atoms. The highest BCUT2D eigenvalue weighted by Crippen LogP contribution is 2.22. The summed E-state index contributed by atoms with van der Waals surface area (Å²) in [4.78, 5) is 32.7. The van der Waals surface area contributed by atoms with Crippen molar-refractivity contribution in [2.45, 2.75) is 26.4 Å². The van der Waals surface area contributed by atoms with Crippen molar-refractivity contribution in [1.29, 1.82) is 0 Å². The molecule has 154 valence electrons. The predicted molar refractivity (Wildman–Crippen MR) is 108 cm³/mol. The molecule has 0 radical (unpaired) electrons. The first kappa shape index (κ1) is 20.6. The van der Waals surface area contributed by atoms with Crippen LogP contribution >= 0.6 is 0 Å². The van der Waals surface area contributed by atoms with Crippen LogP contribution in [0.25, 0.3) is 0 Å². The quantitative estimate of drug-likeness (QED) is 0.851. The van der Waals surface area contributed by atoms with E-state index in [0.29, 0.717) is 31.7 Å². The number of amides is 2. The summed E-state index contributed by atoms with van der Waals surface area (Å²) in [5, 5.41) is 2.90. The Hall–Kier alpha value is -3.16. The maximum absolute atomic E-state index is 14.0. The minimum atomic E-state index is -0.562. The number of anilines is 2. The molecule has 7 nitrogen and oxygen atoms in total.